The Morgan fingerprint density at radius 3 is 2.65 bits per heavy atom. The molecule has 8 nitrogen and oxygen atoms in total. The zero-order valence-electron chi connectivity index (χ0n) is 16.7. The minimum Gasteiger partial charge on any atom is -0.445 e. The van der Waals surface area contributed by atoms with Crippen LogP contribution in [0.15, 0.2) is 52.7 Å². The van der Waals surface area contributed by atoms with Gasteiger partial charge in [-0.1, -0.05) is 36.4 Å². The molecule has 3 rings (SSSR count). The Morgan fingerprint density at radius 2 is 1.94 bits per heavy atom. The number of alkyl carbamates (subject to hydrolysis) is 1. The highest BCUT2D eigenvalue weighted by molar-refractivity contribution is 8.18. The Hall–Kier alpha value is -3.11. The van der Waals surface area contributed by atoms with Crippen LogP contribution in [0.3, 0.4) is 0 Å². The lowest BCUT2D eigenvalue weighted by Gasteiger charge is -2.16. The molecule has 0 saturated carbocycles. The molecule has 31 heavy (non-hydrogen) atoms. The highest BCUT2D eigenvalue weighted by Crippen LogP contribution is 2.32. The van der Waals surface area contributed by atoms with Gasteiger partial charge in [0.25, 0.3) is 11.1 Å². The summed E-state index contributed by atoms with van der Waals surface area (Å²) in [5.41, 5.74) is 0.833. The first-order valence-electron chi connectivity index (χ1n) is 9.48. The van der Waals surface area contributed by atoms with Crippen LogP contribution in [-0.4, -0.2) is 47.2 Å². The predicted octanol–water partition coefficient (Wildman–Crippen LogP) is 3.22. The standard InChI is InChI=1S/C21H21N3O5S2/c1-14(23-20(27)29-13-15-6-3-2-4-7-15)18(25)22-9-10-24-19(26)17(31-21(24)28)12-16-8-5-11-30-16/h2-8,11-12,14H,9-10,13H2,1H3,(H,22,25)(H,23,27). The van der Waals surface area contributed by atoms with Crippen molar-refractivity contribution in [1.82, 2.24) is 15.5 Å². The molecule has 0 aliphatic carbocycles. The number of benzene rings is 1. The van der Waals surface area contributed by atoms with Gasteiger partial charge in [0.1, 0.15) is 12.6 Å². The molecule has 0 spiro atoms. The molecule has 2 heterocycles. The number of hydrogen-bond donors (Lipinski definition) is 2. The number of ether oxygens (including phenoxy) is 1. The van der Waals surface area contributed by atoms with E-state index in [4.69, 9.17) is 4.74 Å². The van der Waals surface area contributed by atoms with E-state index in [1.165, 1.54) is 18.3 Å². The van der Waals surface area contributed by atoms with Gasteiger partial charge in [-0.05, 0) is 41.8 Å². The second-order valence-corrected chi connectivity index (χ2v) is 8.54. The molecule has 0 bridgehead atoms. The van der Waals surface area contributed by atoms with Crippen LogP contribution < -0.4 is 10.6 Å². The van der Waals surface area contributed by atoms with E-state index >= 15 is 0 Å². The van der Waals surface area contributed by atoms with Gasteiger partial charge in [-0.2, -0.15) is 0 Å². The summed E-state index contributed by atoms with van der Waals surface area (Å²) in [5.74, 6) is -0.828. The first-order valence-corrected chi connectivity index (χ1v) is 11.2. The van der Waals surface area contributed by atoms with Gasteiger partial charge in [0, 0.05) is 18.0 Å². The van der Waals surface area contributed by atoms with Crippen LogP contribution in [0, 0.1) is 0 Å². The van der Waals surface area contributed by atoms with Gasteiger partial charge in [-0.15, -0.1) is 11.3 Å². The number of amides is 4. The molecule has 1 aromatic carbocycles. The monoisotopic (exact) mass is 459 g/mol. The van der Waals surface area contributed by atoms with Crippen molar-refractivity contribution in [2.75, 3.05) is 13.1 Å². The number of thioether (sulfide) groups is 1. The number of imide groups is 1. The van der Waals surface area contributed by atoms with Crippen molar-refractivity contribution in [2.45, 2.75) is 19.6 Å². The number of nitrogens with one attached hydrogen (secondary N) is 2. The van der Waals surface area contributed by atoms with Crippen molar-refractivity contribution in [3.05, 3.63) is 63.2 Å². The SMILES string of the molecule is CC(NC(=O)OCc1ccccc1)C(=O)NCCN1C(=O)SC(=Cc2cccs2)C1=O. The average Bonchev–Trinajstić information content (AvgIpc) is 3.36. The lowest BCUT2D eigenvalue weighted by atomic mass is 10.2. The third kappa shape index (κ3) is 6.43. The largest absolute Gasteiger partial charge is 0.445 e. The van der Waals surface area contributed by atoms with Crippen LogP contribution >= 0.6 is 23.1 Å². The van der Waals surface area contributed by atoms with E-state index < -0.39 is 18.0 Å². The van der Waals surface area contributed by atoms with E-state index in [9.17, 15) is 19.2 Å². The predicted molar refractivity (Wildman–Crippen MR) is 119 cm³/mol. The van der Waals surface area contributed by atoms with E-state index in [1.54, 1.807) is 6.08 Å². The number of rotatable bonds is 8. The van der Waals surface area contributed by atoms with Gasteiger partial charge in [0.05, 0.1) is 4.91 Å². The maximum Gasteiger partial charge on any atom is 0.408 e. The first kappa shape index (κ1) is 22.6. The van der Waals surface area contributed by atoms with E-state index in [1.807, 2.05) is 47.8 Å². The molecule has 10 heteroatoms. The molecule has 1 atom stereocenters. The van der Waals surface area contributed by atoms with Crippen molar-refractivity contribution in [1.29, 1.82) is 0 Å². The quantitative estimate of drug-likeness (QED) is 0.588. The second-order valence-electron chi connectivity index (χ2n) is 6.57. The smallest absolute Gasteiger partial charge is 0.408 e. The van der Waals surface area contributed by atoms with Crippen LogP contribution in [0.5, 0.6) is 0 Å². The van der Waals surface area contributed by atoms with Gasteiger partial charge in [0.15, 0.2) is 0 Å². The van der Waals surface area contributed by atoms with Crippen LogP contribution in [0.25, 0.3) is 6.08 Å². The Balaban J connectivity index is 1.40. The molecule has 2 N–H and O–H groups in total. The second kappa shape index (κ2) is 10.8. The molecule has 1 aliphatic heterocycles. The number of nitrogens with zero attached hydrogens (tertiary/aromatic N) is 1. The Morgan fingerprint density at radius 1 is 1.16 bits per heavy atom. The summed E-state index contributed by atoms with van der Waals surface area (Å²) in [6, 6.07) is 12.1. The molecule has 162 valence electrons. The molecule has 1 unspecified atom stereocenters. The highest BCUT2D eigenvalue weighted by atomic mass is 32.2. The first-order chi connectivity index (χ1) is 14.9. The van der Waals surface area contributed by atoms with Gasteiger partial charge < -0.3 is 15.4 Å². The summed E-state index contributed by atoms with van der Waals surface area (Å²) in [5, 5.41) is 6.56. The zero-order valence-corrected chi connectivity index (χ0v) is 18.3. The fourth-order valence-electron chi connectivity index (χ4n) is 2.65. The van der Waals surface area contributed by atoms with E-state index in [2.05, 4.69) is 10.6 Å². The topological polar surface area (TPSA) is 105 Å². The van der Waals surface area contributed by atoms with E-state index in [0.717, 1.165) is 27.1 Å². The zero-order chi connectivity index (χ0) is 22.2. The minimum absolute atomic E-state index is 0.0450. The van der Waals surface area contributed by atoms with Crippen molar-refractivity contribution >= 4 is 52.3 Å². The molecule has 1 fully saturated rings. The summed E-state index contributed by atoms with van der Waals surface area (Å²) in [7, 11) is 0. The highest BCUT2D eigenvalue weighted by Gasteiger charge is 2.34. The van der Waals surface area contributed by atoms with Crippen LogP contribution in [0.1, 0.15) is 17.4 Å². The van der Waals surface area contributed by atoms with Crippen molar-refractivity contribution in [3.8, 4) is 0 Å². The lowest BCUT2D eigenvalue weighted by molar-refractivity contribution is -0.125. The molecule has 2 aromatic rings. The van der Waals surface area contributed by atoms with Gasteiger partial charge >= 0.3 is 6.09 Å². The van der Waals surface area contributed by atoms with Crippen molar-refractivity contribution in [2.24, 2.45) is 0 Å². The summed E-state index contributed by atoms with van der Waals surface area (Å²) in [6.07, 6.45) is 0.970. The third-order valence-electron chi connectivity index (χ3n) is 4.27. The third-order valence-corrected chi connectivity index (χ3v) is 5.99. The van der Waals surface area contributed by atoms with Crippen LogP contribution in [-0.2, 0) is 20.9 Å². The summed E-state index contributed by atoms with van der Waals surface area (Å²) < 4.78 is 5.08. The number of carbonyl (C=O) groups is 4. The van der Waals surface area contributed by atoms with Gasteiger partial charge in [-0.3, -0.25) is 19.3 Å². The summed E-state index contributed by atoms with van der Waals surface area (Å²) in [4.78, 5) is 50.9. The molecular weight excluding hydrogens is 438 g/mol. The minimum atomic E-state index is -0.836. The van der Waals surface area contributed by atoms with E-state index in [0.29, 0.717) is 4.91 Å². The Labute approximate surface area is 187 Å². The molecule has 1 aromatic heterocycles. The van der Waals surface area contributed by atoms with E-state index in [-0.39, 0.29) is 30.8 Å². The number of hydrogen-bond acceptors (Lipinski definition) is 7. The summed E-state index contributed by atoms with van der Waals surface area (Å²) in [6.45, 7) is 1.74. The molecular formula is C21H21N3O5S2. The van der Waals surface area contributed by atoms with Crippen LogP contribution in [0.4, 0.5) is 9.59 Å². The maximum absolute atomic E-state index is 12.4. The normalized spacial score (nSPS) is 15.8. The Bertz CT molecular complexity index is 976. The molecule has 4 amide bonds. The fraction of sp³-hybridized carbons (Fsp3) is 0.238. The number of thiophene rings is 1. The van der Waals surface area contributed by atoms with Crippen molar-refractivity contribution in [3.63, 3.8) is 0 Å². The average molecular weight is 460 g/mol. The summed E-state index contributed by atoms with van der Waals surface area (Å²) >= 11 is 2.35. The fourth-order valence-corrected chi connectivity index (χ4v) is 4.23. The molecule has 1 saturated heterocycles. The van der Waals surface area contributed by atoms with Crippen LogP contribution in [0.2, 0.25) is 0 Å². The Kier molecular flexibility index (Phi) is 7.85. The number of carbonyl (C=O) groups excluding carboxylic acids is 4. The molecule has 1 aliphatic rings. The van der Waals surface area contributed by atoms with Gasteiger partial charge in [-0.25, -0.2) is 4.79 Å². The maximum atomic E-state index is 12.4. The van der Waals surface area contributed by atoms with Crippen molar-refractivity contribution < 1.29 is 23.9 Å². The molecule has 0 radical (unpaired) electrons. The lowest BCUT2D eigenvalue weighted by Crippen LogP contribution is -2.47. The van der Waals surface area contributed by atoms with Gasteiger partial charge in [0.2, 0.25) is 5.91 Å².